The second-order valence-electron chi connectivity index (χ2n) is 3.14. The number of hydrogen-bond acceptors (Lipinski definition) is 3. The van der Waals surface area contributed by atoms with Gasteiger partial charge in [0.15, 0.2) is 0 Å². The summed E-state index contributed by atoms with van der Waals surface area (Å²) in [4.78, 5) is 1.46. The molecule has 2 heterocycles. The molecule has 1 aromatic rings. The zero-order valence-electron chi connectivity index (χ0n) is 7.25. The topological polar surface area (TPSA) is 12.0 Å². The third-order valence-corrected chi connectivity index (χ3v) is 5.03. The van der Waals surface area contributed by atoms with Gasteiger partial charge in [-0.15, -0.1) is 11.3 Å². The van der Waals surface area contributed by atoms with Crippen LogP contribution in [0.4, 0.5) is 0 Å². The van der Waals surface area contributed by atoms with Crippen LogP contribution in [0.25, 0.3) is 0 Å². The van der Waals surface area contributed by atoms with Crippen LogP contribution < -0.4 is 5.32 Å². The standard InChI is InChI=1S/C9H12BrNS2/c10-9-2-1-8(13-9)3-4-11-7-5-12-6-7/h1-2,7,11H,3-6H2. The first-order valence-electron chi connectivity index (χ1n) is 4.40. The highest BCUT2D eigenvalue weighted by Crippen LogP contribution is 2.22. The predicted molar refractivity (Wildman–Crippen MR) is 64.8 cm³/mol. The summed E-state index contributed by atoms with van der Waals surface area (Å²) in [7, 11) is 0. The fourth-order valence-electron chi connectivity index (χ4n) is 1.24. The maximum absolute atomic E-state index is 3.55. The molecule has 0 bridgehead atoms. The summed E-state index contributed by atoms with van der Waals surface area (Å²) in [6.45, 7) is 1.12. The molecular weight excluding hydrogens is 266 g/mol. The fraction of sp³-hybridized carbons (Fsp3) is 0.556. The molecule has 1 aromatic heterocycles. The van der Waals surface area contributed by atoms with Crippen LogP contribution in [0.1, 0.15) is 4.88 Å². The minimum absolute atomic E-state index is 0.786. The van der Waals surface area contributed by atoms with E-state index in [4.69, 9.17) is 0 Å². The van der Waals surface area contributed by atoms with Gasteiger partial charge in [-0.3, -0.25) is 0 Å². The Kier molecular flexibility index (Phi) is 3.72. The van der Waals surface area contributed by atoms with Gasteiger partial charge in [0.05, 0.1) is 3.79 Å². The van der Waals surface area contributed by atoms with Gasteiger partial charge >= 0.3 is 0 Å². The summed E-state index contributed by atoms with van der Waals surface area (Å²) >= 11 is 7.34. The molecule has 13 heavy (non-hydrogen) atoms. The maximum atomic E-state index is 3.55. The smallest absolute Gasteiger partial charge is 0.0701 e. The summed E-state index contributed by atoms with van der Waals surface area (Å²) < 4.78 is 1.24. The van der Waals surface area contributed by atoms with Gasteiger partial charge in [0, 0.05) is 29.0 Å². The highest BCUT2D eigenvalue weighted by molar-refractivity contribution is 9.11. The summed E-state index contributed by atoms with van der Waals surface area (Å²) in [5.74, 6) is 2.60. The summed E-state index contributed by atoms with van der Waals surface area (Å²) in [5, 5.41) is 3.55. The summed E-state index contributed by atoms with van der Waals surface area (Å²) in [6, 6.07) is 5.11. The highest BCUT2D eigenvalue weighted by atomic mass is 79.9. The Balaban J connectivity index is 1.67. The van der Waals surface area contributed by atoms with Crippen molar-refractivity contribution >= 4 is 39.0 Å². The maximum Gasteiger partial charge on any atom is 0.0701 e. The SMILES string of the molecule is Brc1ccc(CCNC2CSC2)s1. The Morgan fingerprint density at radius 3 is 2.85 bits per heavy atom. The lowest BCUT2D eigenvalue weighted by Crippen LogP contribution is -2.41. The van der Waals surface area contributed by atoms with Crippen molar-refractivity contribution in [2.24, 2.45) is 0 Å². The zero-order chi connectivity index (χ0) is 9.10. The second kappa shape index (κ2) is 4.82. The molecule has 2 rings (SSSR count). The monoisotopic (exact) mass is 277 g/mol. The lowest BCUT2D eigenvalue weighted by atomic mass is 10.3. The van der Waals surface area contributed by atoms with Gasteiger partial charge in [0.1, 0.15) is 0 Å². The lowest BCUT2D eigenvalue weighted by molar-refractivity contribution is 0.587. The van der Waals surface area contributed by atoms with E-state index in [1.54, 1.807) is 0 Å². The van der Waals surface area contributed by atoms with Crippen molar-refractivity contribution in [3.63, 3.8) is 0 Å². The zero-order valence-corrected chi connectivity index (χ0v) is 10.5. The number of thiophene rings is 1. The van der Waals surface area contributed by atoms with Gasteiger partial charge in [-0.1, -0.05) is 0 Å². The van der Waals surface area contributed by atoms with Gasteiger partial charge in [-0.25, -0.2) is 0 Å². The third kappa shape index (κ3) is 2.98. The molecule has 4 heteroatoms. The van der Waals surface area contributed by atoms with Crippen LogP contribution >= 0.6 is 39.0 Å². The van der Waals surface area contributed by atoms with E-state index < -0.39 is 0 Å². The molecule has 0 aliphatic carbocycles. The van der Waals surface area contributed by atoms with Gasteiger partial charge in [-0.05, 0) is 34.5 Å². The van der Waals surface area contributed by atoms with E-state index in [0.29, 0.717) is 0 Å². The molecule has 1 N–H and O–H groups in total. The molecule has 1 aliphatic heterocycles. The van der Waals surface area contributed by atoms with E-state index in [0.717, 1.165) is 19.0 Å². The van der Waals surface area contributed by atoms with Crippen LogP contribution in [0, 0.1) is 0 Å². The number of thioether (sulfide) groups is 1. The Bertz CT molecular complexity index is 270. The fourth-order valence-corrected chi connectivity index (χ4v) is 3.43. The van der Waals surface area contributed by atoms with Gasteiger partial charge in [0.2, 0.25) is 0 Å². The highest BCUT2D eigenvalue weighted by Gasteiger charge is 2.16. The van der Waals surface area contributed by atoms with E-state index >= 15 is 0 Å². The van der Waals surface area contributed by atoms with Crippen LogP contribution in [-0.2, 0) is 6.42 Å². The van der Waals surface area contributed by atoms with Crippen molar-refractivity contribution in [3.05, 3.63) is 20.8 Å². The number of halogens is 1. The molecular formula is C9H12BrNS2. The first kappa shape index (κ1) is 10.0. The van der Waals surface area contributed by atoms with Crippen LogP contribution in [0.5, 0.6) is 0 Å². The number of hydrogen-bond donors (Lipinski definition) is 1. The minimum Gasteiger partial charge on any atom is -0.312 e. The normalized spacial score (nSPS) is 17.3. The molecule has 1 saturated heterocycles. The second-order valence-corrected chi connectivity index (χ2v) is 6.77. The molecule has 1 nitrogen and oxygen atoms in total. The lowest BCUT2D eigenvalue weighted by Gasteiger charge is -2.25. The quantitative estimate of drug-likeness (QED) is 0.909. The molecule has 0 unspecified atom stereocenters. The Labute approximate surface area is 95.4 Å². The van der Waals surface area contributed by atoms with Crippen molar-refractivity contribution in [3.8, 4) is 0 Å². The van der Waals surface area contributed by atoms with E-state index in [1.807, 2.05) is 23.1 Å². The molecule has 0 radical (unpaired) electrons. The molecule has 1 aliphatic rings. The van der Waals surface area contributed by atoms with Gasteiger partial charge in [-0.2, -0.15) is 11.8 Å². The molecule has 0 spiro atoms. The van der Waals surface area contributed by atoms with E-state index in [2.05, 4.69) is 33.4 Å². The molecule has 0 atom stereocenters. The van der Waals surface area contributed by atoms with Crippen molar-refractivity contribution < 1.29 is 0 Å². The van der Waals surface area contributed by atoms with Crippen molar-refractivity contribution in [2.75, 3.05) is 18.1 Å². The van der Waals surface area contributed by atoms with Crippen LogP contribution in [0.15, 0.2) is 15.9 Å². The van der Waals surface area contributed by atoms with Crippen molar-refractivity contribution in [1.29, 1.82) is 0 Å². The Morgan fingerprint density at radius 1 is 1.46 bits per heavy atom. The summed E-state index contributed by atoms with van der Waals surface area (Å²) in [6.07, 6.45) is 1.16. The van der Waals surface area contributed by atoms with Gasteiger partial charge in [0.25, 0.3) is 0 Å². The Morgan fingerprint density at radius 2 is 2.31 bits per heavy atom. The first-order chi connectivity index (χ1) is 6.34. The Hall–Kier alpha value is 0.490. The average molecular weight is 278 g/mol. The average Bonchev–Trinajstić information content (AvgIpc) is 2.42. The van der Waals surface area contributed by atoms with Crippen LogP contribution in [0.3, 0.4) is 0 Å². The molecule has 0 saturated carbocycles. The van der Waals surface area contributed by atoms with E-state index in [1.165, 1.54) is 20.2 Å². The first-order valence-corrected chi connectivity index (χ1v) is 7.16. The molecule has 1 fully saturated rings. The van der Waals surface area contributed by atoms with E-state index in [-0.39, 0.29) is 0 Å². The molecule has 0 amide bonds. The number of nitrogens with one attached hydrogen (secondary N) is 1. The van der Waals surface area contributed by atoms with Crippen LogP contribution in [0.2, 0.25) is 0 Å². The van der Waals surface area contributed by atoms with Crippen LogP contribution in [-0.4, -0.2) is 24.1 Å². The predicted octanol–water partition coefficient (Wildman–Crippen LogP) is 2.76. The van der Waals surface area contributed by atoms with Crippen molar-refractivity contribution in [1.82, 2.24) is 5.32 Å². The van der Waals surface area contributed by atoms with Gasteiger partial charge < -0.3 is 5.32 Å². The molecule has 0 aromatic carbocycles. The summed E-state index contributed by atoms with van der Waals surface area (Å²) in [5.41, 5.74) is 0. The third-order valence-electron chi connectivity index (χ3n) is 2.07. The molecule has 72 valence electrons. The van der Waals surface area contributed by atoms with E-state index in [9.17, 15) is 0 Å². The minimum atomic E-state index is 0.786. The largest absolute Gasteiger partial charge is 0.312 e. The number of rotatable bonds is 4. The van der Waals surface area contributed by atoms with Crippen molar-refractivity contribution in [2.45, 2.75) is 12.5 Å².